The van der Waals surface area contributed by atoms with Gasteiger partial charge in [0, 0.05) is 43.5 Å². The average Bonchev–Trinajstić information content (AvgIpc) is 3.22. The zero-order valence-electron chi connectivity index (χ0n) is 17.4. The van der Waals surface area contributed by atoms with Gasteiger partial charge in [-0.2, -0.15) is 5.10 Å². The third-order valence-corrected chi connectivity index (χ3v) is 5.71. The summed E-state index contributed by atoms with van der Waals surface area (Å²) in [5, 5.41) is 5.35. The molecule has 1 saturated heterocycles. The monoisotopic (exact) mass is 398 g/mol. The van der Waals surface area contributed by atoms with Crippen molar-refractivity contribution in [2.75, 3.05) is 27.2 Å². The number of amides is 1. The average molecular weight is 398 g/mol. The predicted molar refractivity (Wildman–Crippen MR) is 109 cm³/mol. The fourth-order valence-corrected chi connectivity index (χ4v) is 4.16. The van der Waals surface area contributed by atoms with Crippen molar-refractivity contribution >= 4 is 16.9 Å². The number of aryl methyl sites for hydroxylation is 2. The van der Waals surface area contributed by atoms with Gasteiger partial charge in [0.15, 0.2) is 17.2 Å². The van der Waals surface area contributed by atoms with Crippen molar-refractivity contribution in [2.45, 2.75) is 32.2 Å². The Morgan fingerprint density at radius 2 is 2.17 bits per heavy atom. The molecule has 29 heavy (non-hydrogen) atoms. The maximum absolute atomic E-state index is 14.1. The van der Waals surface area contributed by atoms with Crippen molar-refractivity contribution in [3.8, 4) is 0 Å². The second-order valence-electron chi connectivity index (χ2n) is 8.18. The molecular weight excluding hydrogens is 371 g/mol. The first-order valence-corrected chi connectivity index (χ1v) is 9.99. The number of hydrogen-bond acceptors (Lipinski definition) is 4. The van der Waals surface area contributed by atoms with E-state index in [-0.39, 0.29) is 23.2 Å². The molecule has 154 valence electrons. The van der Waals surface area contributed by atoms with Crippen LogP contribution in [0.15, 0.2) is 28.7 Å². The van der Waals surface area contributed by atoms with Crippen LogP contribution in [0.2, 0.25) is 0 Å². The molecule has 7 heteroatoms. The Labute approximate surface area is 169 Å². The third kappa shape index (κ3) is 3.67. The molecule has 1 aliphatic rings. The topological polar surface area (TPSA) is 54.5 Å². The molecule has 3 heterocycles. The molecule has 1 fully saturated rings. The summed E-state index contributed by atoms with van der Waals surface area (Å²) in [5.74, 6) is -0.188. The van der Waals surface area contributed by atoms with Crippen LogP contribution in [-0.4, -0.2) is 52.7 Å². The van der Waals surface area contributed by atoms with Crippen molar-refractivity contribution in [2.24, 2.45) is 7.05 Å². The molecule has 0 radical (unpaired) electrons. The van der Waals surface area contributed by atoms with Crippen LogP contribution in [0.1, 0.15) is 46.3 Å². The summed E-state index contributed by atoms with van der Waals surface area (Å²) in [6, 6.07) is 6.91. The summed E-state index contributed by atoms with van der Waals surface area (Å²) < 4.78 is 21.6. The highest BCUT2D eigenvalue weighted by molar-refractivity contribution is 5.99. The summed E-state index contributed by atoms with van der Waals surface area (Å²) in [4.78, 5) is 17.1. The van der Waals surface area contributed by atoms with E-state index in [2.05, 4.69) is 11.0 Å². The summed E-state index contributed by atoms with van der Waals surface area (Å²) in [6.07, 6.45) is 1.90. The van der Waals surface area contributed by atoms with E-state index in [9.17, 15) is 9.18 Å². The van der Waals surface area contributed by atoms with Crippen LogP contribution in [-0.2, 0) is 13.6 Å². The zero-order chi connectivity index (χ0) is 20.7. The van der Waals surface area contributed by atoms with Crippen LogP contribution in [0, 0.1) is 12.7 Å². The van der Waals surface area contributed by atoms with Crippen molar-refractivity contribution in [3.05, 3.63) is 52.8 Å². The Morgan fingerprint density at radius 3 is 2.90 bits per heavy atom. The number of benzene rings is 1. The van der Waals surface area contributed by atoms with E-state index in [4.69, 9.17) is 9.52 Å². The van der Waals surface area contributed by atoms with E-state index >= 15 is 0 Å². The molecule has 1 aromatic carbocycles. The van der Waals surface area contributed by atoms with E-state index in [1.165, 1.54) is 6.07 Å². The minimum Gasteiger partial charge on any atom is -0.448 e. The van der Waals surface area contributed by atoms with E-state index < -0.39 is 5.82 Å². The van der Waals surface area contributed by atoms with Gasteiger partial charge in [0.05, 0.1) is 11.4 Å². The summed E-state index contributed by atoms with van der Waals surface area (Å²) >= 11 is 0. The van der Waals surface area contributed by atoms with Crippen molar-refractivity contribution in [1.29, 1.82) is 0 Å². The lowest BCUT2D eigenvalue weighted by Crippen LogP contribution is -2.39. The smallest absolute Gasteiger partial charge is 0.289 e. The van der Waals surface area contributed by atoms with Gasteiger partial charge in [-0.1, -0.05) is 12.1 Å². The Balaban J connectivity index is 1.57. The number of para-hydroxylation sites is 1. The number of rotatable bonds is 4. The van der Waals surface area contributed by atoms with Gasteiger partial charge >= 0.3 is 0 Å². The van der Waals surface area contributed by atoms with Crippen molar-refractivity contribution in [1.82, 2.24) is 19.6 Å². The van der Waals surface area contributed by atoms with E-state index in [0.29, 0.717) is 24.0 Å². The zero-order valence-corrected chi connectivity index (χ0v) is 17.4. The molecule has 2 aromatic heterocycles. The number of furan rings is 1. The molecule has 0 bridgehead atoms. The van der Waals surface area contributed by atoms with Gasteiger partial charge in [-0.3, -0.25) is 9.48 Å². The minimum absolute atomic E-state index is 0.153. The van der Waals surface area contributed by atoms with Gasteiger partial charge < -0.3 is 14.2 Å². The summed E-state index contributed by atoms with van der Waals surface area (Å²) in [6.45, 7) is 3.90. The third-order valence-electron chi connectivity index (χ3n) is 5.71. The van der Waals surface area contributed by atoms with Crippen LogP contribution in [0.25, 0.3) is 11.0 Å². The molecule has 4 rings (SSSR count). The number of carbonyl (C=O) groups excluding carboxylic acids is 1. The van der Waals surface area contributed by atoms with Gasteiger partial charge in [0.1, 0.15) is 0 Å². The molecule has 6 nitrogen and oxygen atoms in total. The Bertz CT molecular complexity index is 1050. The highest BCUT2D eigenvalue weighted by Crippen LogP contribution is 2.31. The molecule has 3 aromatic rings. The van der Waals surface area contributed by atoms with Crippen LogP contribution in [0.4, 0.5) is 4.39 Å². The molecule has 1 amide bonds. The molecule has 0 unspecified atom stereocenters. The fraction of sp³-hybridized carbons (Fsp3) is 0.455. The number of hydrogen-bond donors (Lipinski definition) is 0. The van der Waals surface area contributed by atoms with Crippen LogP contribution < -0.4 is 0 Å². The first-order chi connectivity index (χ1) is 13.8. The number of nitrogens with zero attached hydrogens (tertiary/aromatic N) is 4. The van der Waals surface area contributed by atoms with Gasteiger partial charge in [-0.25, -0.2) is 4.39 Å². The lowest BCUT2D eigenvalue weighted by atomic mass is 9.94. The number of piperidine rings is 1. The molecule has 1 aliphatic heterocycles. The summed E-state index contributed by atoms with van der Waals surface area (Å²) in [5.41, 5.74) is 3.02. The van der Waals surface area contributed by atoms with Crippen molar-refractivity contribution in [3.63, 3.8) is 0 Å². The maximum Gasteiger partial charge on any atom is 0.289 e. The second kappa shape index (κ2) is 7.63. The Kier molecular flexibility index (Phi) is 5.17. The minimum atomic E-state index is -0.442. The number of carbonyl (C=O) groups is 1. The highest BCUT2D eigenvalue weighted by atomic mass is 19.1. The van der Waals surface area contributed by atoms with E-state index in [1.54, 1.807) is 12.1 Å². The normalized spacial score (nSPS) is 17.4. The Morgan fingerprint density at radius 1 is 1.38 bits per heavy atom. The number of likely N-dealkylation sites (tertiary alicyclic amines) is 1. The number of aromatic nitrogens is 2. The Hall–Kier alpha value is -2.67. The van der Waals surface area contributed by atoms with Crippen molar-refractivity contribution < 1.29 is 13.6 Å². The largest absolute Gasteiger partial charge is 0.448 e. The predicted octanol–water partition coefficient (Wildman–Crippen LogP) is 3.70. The van der Waals surface area contributed by atoms with Crippen LogP contribution in [0.5, 0.6) is 0 Å². The molecule has 0 aliphatic carbocycles. The van der Waals surface area contributed by atoms with Crippen LogP contribution in [0.3, 0.4) is 0 Å². The number of halogens is 1. The SMILES string of the molecule is Cc1c(C(=O)N2CCC[C@@H](c3cc(CN(C)C)n(C)n3)C2)oc2c(F)cccc12. The maximum atomic E-state index is 14.1. The van der Waals surface area contributed by atoms with Gasteiger partial charge in [0.2, 0.25) is 0 Å². The highest BCUT2D eigenvalue weighted by Gasteiger charge is 2.30. The first-order valence-electron chi connectivity index (χ1n) is 9.99. The molecule has 0 N–H and O–H groups in total. The quantitative estimate of drug-likeness (QED) is 0.673. The van der Waals surface area contributed by atoms with Gasteiger partial charge in [-0.15, -0.1) is 0 Å². The van der Waals surface area contributed by atoms with Gasteiger partial charge in [0.25, 0.3) is 5.91 Å². The molecule has 0 saturated carbocycles. The molecular formula is C22H27FN4O2. The number of fused-ring (bicyclic) bond motifs is 1. The fourth-order valence-electron chi connectivity index (χ4n) is 4.16. The second-order valence-corrected chi connectivity index (χ2v) is 8.18. The first kappa shape index (κ1) is 19.6. The molecule has 1 atom stereocenters. The lowest BCUT2D eigenvalue weighted by Gasteiger charge is -2.31. The van der Waals surface area contributed by atoms with Crippen LogP contribution >= 0.6 is 0 Å². The van der Waals surface area contributed by atoms with E-state index in [0.717, 1.165) is 30.8 Å². The standard InChI is InChI=1S/C22H27FN4O2/c1-14-17-8-5-9-18(23)21(17)29-20(14)22(28)27-10-6-7-15(12-27)19-11-16(13-25(2)3)26(4)24-19/h5,8-9,11,15H,6-7,10,12-13H2,1-4H3/t15-/m1/s1. The summed E-state index contributed by atoms with van der Waals surface area (Å²) in [7, 11) is 6.03. The van der Waals surface area contributed by atoms with E-state index in [1.807, 2.05) is 37.6 Å². The van der Waals surface area contributed by atoms with Gasteiger partial charge in [-0.05, 0) is 46.0 Å². The molecule has 0 spiro atoms. The lowest BCUT2D eigenvalue weighted by molar-refractivity contribution is 0.0674.